The molecular weight excluding hydrogens is 200 g/mol. The summed E-state index contributed by atoms with van der Waals surface area (Å²) in [5, 5.41) is 6.45. The Bertz CT molecular complexity index is 245. The van der Waals surface area contributed by atoms with E-state index in [-0.39, 0.29) is 17.5 Å². The first-order valence-corrected chi connectivity index (χ1v) is 6.37. The van der Waals surface area contributed by atoms with Crippen molar-refractivity contribution in [1.82, 2.24) is 10.6 Å². The first kappa shape index (κ1) is 13.5. The van der Waals surface area contributed by atoms with Crippen molar-refractivity contribution in [3.8, 4) is 0 Å². The second-order valence-corrected chi connectivity index (χ2v) is 6.14. The van der Waals surface area contributed by atoms with Gasteiger partial charge >= 0.3 is 0 Å². The summed E-state index contributed by atoms with van der Waals surface area (Å²) in [5.41, 5.74) is -0.145. The summed E-state index contributed by atoms with van der Waals surface area (Å²) >= 11 is 0. The van der Waals surface area contributed by atoms with Gasteiger partial charge in [0, 0.05) is 11.6 Å². The highest BCUT2D eigenvalue weighted by Crippen LogP contribution is 2.25. The van der Waals surface area contributed by atoms with Crippen LogP contribution in [0.1, 0.15) is 53.9 Å². The lowest BCUT2D eigenvalue weighted by Crippen LogP contribution is -2.52. The van der Waals surface area contributed by atoms with Crippen molar-refractivity contribution in [2.75, 3.05) is 0 Å². The van der Waals surface area contributed by atoms with Gasteiger partial charge in [0.2, 0.25) is 5.91 Å². The Balaban J connectivity index is 2.39. The highest BCUT2D eigenvalue weighted by atomic mass is 16.2. The number of hydrogen-bond acceptors (Lipinski definition) is 2. The van der Waals surface area contributed by atoms with E-state index in [1.807, 2.05) is 27.7 Å². The maximum atomic E-state index is 11.9. The summed E-state index contributed by atoms with van der Waals surface area (Å²) < 4.78 is 0. The maximum absolute atomic E-state index is 11.9. The Morgan fingerprint density at radius 3 is 2.38 bits per heavy atom. The zero-order valence-electron chi connectivity index (χ0n) is 11.3. The van der Waals surface area contributed by atoms with E-state index in [4.69, 9.17) is 0 Å². The quantitative estimate of drug-likeness (QED) is 0.773. The molecule has 0 aromatic rings. The van der Waals surface area contributed by atoms with Crippen molar-refractivity contribution in [2.24, 2.45) is 5.92 Å². The molecule has 0 heterocycles. The second-order valence-electron chi connectivity index (χ2n) is 6.14. The first-order valence-electron chi connectivity index (χ1n) is 6.37. The standard InChI is InChI=1S/C13H26N2O/c1-9-7-6-8-11(9)14-10(2)12(16)15-13(3,4)5/h9-11,14H,6-8H2,1-5H3,(H,15,16). The summed E-state index contributed by atoms with van der Waals surface area (Å²) in [7, 11) is 0. The topological polar surface area (TPSA) is 41.1 Å². The number of nitrogens with one attached hydrogen (secondary N) is 2. The normalized spacial score (nSPS) is 27.8. The SMILES string of the molecule is CC(NC1CCCC1C)C(=O)NC(C)(C)C. The molecule has 0 aromatic carbocycles. The summed E-state index contributed by atoms with van der Waals surface area (Å²) in [6, 6.07) is 0.422. The van der Waals surface area contributed by atoms with Crippen molar-refractivity contribution in [3.63, 3.8) is 0 Å². The van der Waals surface area contributed by atoms with Crippen LogP contribution in [0.25, 0.3) is 0 Å². The molecule has 0 saturated heterocycles. The van der Waals surface area contributed by atoms with Crippen molar-refractivity contribution in [1.29, 1.82) is 0 Å². The number of carbonyl (C=O) groups is 1. The Morgan fingerprint density at radius 2 is 1.94 bits per heavy atom. The third-order valence-electron chi connectivity index (χ3n) is 3.22. The molecule has 0 radical (unpaired) electrons. The van der Waals surface area contributed by atoms with Gasteiger partial charge in [-0.05, 0) is 46.5 Å². The van der Waals surface area contributed by atoms with E-state index in [0.717, 1.165) is 0 Å². The minimum Gasteiger partial charge on any atom is -0.350 e. The van der Waals surface area contributed by atoms with Crippen LogP contribution < -0.4 is 10.6 Å². The van der Waals surface area contributed by atoms with Crippen LogP contribution in [0.2, 0.25) is 0 Å². The van der Waals surface area contributed by atoms with E-state index in [1.165, 1.54) is 19.3 Å². The Morgan fingerprint density at radius 1 is 1.31 bits per heavy atom. The Labute approximate surface area is 99.4 Å². The Kier molecular flexibility index (Phi) is 4.36. The van der Waals surface area contributed by atoms with E-state index >= 15 is 0 Å². The summed E-state index contributed by atoms with van der Waals surface area (Å²) in [4.78, 5) is 11.9. The van der Waals surface area contributed by atoms with Crippen molar-refractivity contribution < 1.29 is 4.79 Å². The smallest absolute Gasteiger partial charge is 0.237 e. The lowest BCUT2D eigenvalue weighted by molar-refractivity contribution is -0.124. The van der Waals surface area contributed by atoms with Crippen molar-refractivity contribution in [3.05, 3.63) is 0 Å². The average Bonchev–Trinajstić information content (AvgIpc) is 2.49. The molecule has 0 aliphatic heterocycles. The van der Waals surface area contributed by atoms with E-state index in [2.05, 4.69) is 17.6 Å². The molecule has 94 valence electrons. The minimum absolute atomic E-state index is 0.0928. The third-order valence-corrected chi connectivity index (χ3v) is 3.22. The molecule has 1 amide bonds. The van der Waals surface area contributed by atoms with Crippen LogP contribution in [0.5, 0.6) is 0 Å². The van der Waals surface area contributed by atoms with Gasteiger partial charge in [0.15, 0.2) is 0 Å². The van der Waals surface area contributed by atoms with Crippen molar-refractivity contribution >= 4 is 5.91 Å². The van der Waals surface area contributed by atoms with Gasteiger partial charge < -0.3 is 10.6 Å². The van der Waals surface area contributed by atoms with Gasteiger partial charge in [-0.15, -0.1) is 0 Å². The predicted octanol–water partition coefficient (Wildman–Crippen LogP) is 2.07. The first-order chi connectivity index (χ1) is 7.29. The highest BCUT2D eigenvalue weighted by Gasteiger charge is 2.27. The van der Waals surface area contributed by atoms with Gasteiger partial charge in [0.25, 0.3) is 0 Å². The van der Waals surface area contributed by atoms with Crippen LogP contribution in [-0.4, -0.2) is 23.5 Å². The largest absolute Gasteiger partial charge is 0.350 e. The maximum Gasteiger partial charge on any atom is 0.237 e. The van der Waals surface area contributed by atoms with E-state index in [1.54, 1.807) is 0 Å². The zero-order chi connectivity index (χ0) is 12.3. The van der Waals surface area contributed by atoms with Gasteiger partial charge in [0.1, 0.15) is 0 Å². The fourth-order valence-corrected chi connectivity index (χ4v) is 2.27. The minimum atomic E-state index is -0.145. The molecule has 1 saturated carbocycles. The van der Waals surface area contributed by atoms with Gasteiger partial charge in [-0.3, -0.25) is 4.79 Å². The van der Waals surface area contributed by atoms with Crippen LogP contribution >= 0.6 is 0 Å². The number of rotatable bonds is 3. The predicted molar refractivity (Wildman–Crippen MR) is 67.3 cm³/mol. The van der Waals surface area contributed by atoms with Gasteiger partial charge in [-0.1, -0.05) is 13.3 Å². The monoisotopic (exact) mass is 226 g/mol. The lowest BCUT2D eigenvalue weighted by atomic mass is 10.0. The van der Waals surface area contributed by atoms with Gasteiger partial charge in [-0.2, -0.15) is 0 Å². The molecule has 1 rings (SSSR count). The second kappa shape index (κ2) is 5.17. The molecule has 1 fully saturated rings. The number of amides is 1. The van der Waals surface area contributed by atoms with Crippen LogP contribution in [-0.2, 0) is 4.79 Å². The lowest BCUT2D eigenvalue weighted by Gasteiger charge is -2.26. The summed E-state index contributed by atoms with van der Waals surface area (Å²) in [6.07, 6.45) is 3.77. The summed E-state index contributed by atoms with van der Waals surface area (Å²) in [5.74, 6) is 0.802. The number of hydrogen-bond donors (Lipinski definition) is 2. The zero-order valence-corrected chi connectivity index (χ0v) is 11.3. The van der Waals surface area contributed by atoms with E-state index in [0.29, 0.717) is 12.0 Å². The molecule has 1 aliphatic carbocycles. The third kappa shape index (κ3) is 4.12. The van der Waals surface area contributed by atoms with Crippen molar-refractivity contribution in [2.45, 2.75) is 71.5 Å². The molecule has 16 heavy (non-hydrogen) atoms. The summed E-state index contributed by atoms with van der Waals surface area (Å²) in [6.45, 7) is 10.2. The molecule has 0 aromatic heterocycles. The molecule has 3 unspecified atom stereocenters. The van der Waals surface area contributed by atoms with Crippen LogP contribution in [0.3, 0.4) is 0 Å². The van der Waals surface area contributed by atoms with Gasteiger partial charge in [-0.25, -0.2) is 0 Å². The van der Waals surface area contributed by atoms with Crippen LogP contribution in [0.15, 0.2) is 0 Å². The molecule has 3 nitrogen and oxygen atoms in total. The van der Waals surface area contributed by atoms with E-state index < -0.39 is 0 Å². The fraction of sp³-hybridized carbons (Fsp3) is 0.923. The van der Waals surface area contributed by atoms with Gasteiger partial charge in [0.05, 0.1) is 6.04 Å². The molecular formula is C13H26N2O. The molecule has 3 heteroatoms. The molecule has 1 aliphatic rings. The fourth-order valence-electron chi connectivity index (χ4n) is 2.27. The van der Waals surface area contributed by atoms with E-state index in [9.17, 15) is 4.79 Å². The molecule has 0 bridgehead atoms. The number of carbonyl (C=O) groups excluding carboxylic acids is 1. The average molecular weight is 226 g/mol. The Hall–Kier alpha value is -0.570. The molecule has 0 spiro atoms. The highest BCUT2D eigenvalue weighted by molar-refractivity contribution is 5.81. The molecule has 3 atom stereocenters. The van der Waals surface area contributed by atoms with Crippen LogP contribution in [0, 0.1) is 5.92 Å². The molecule has 2 N–H and O–H groups in total. The van der Waals surface area contributed by atoms with Crippen LogP contribution in [0.4, 0.5) is 0 Å².